The normalized spacial score (nSPS) is 11.4. The smallest absolute Gasteiger partial charge is 0.264 e. The Bertz CT molecular complexity index is 1410. The van der Waals surface area contributed by atoms with Crippen LogP contribution in [0.3, 0.4) is 0 Å². The number of methoxy groups -OCH3 is 2. The summed E-state index contributed by atoms with van der Waals surface area (Å²) in [7, 11) is -1.46. The zero-order valence-corrected chi connectivity index (χ0v) is 30.6. The van der Waals surface area contributed by atoms with Gasteiger partial charge in [-0.2, -0.15) is 0 Å². The first-order chi connectivity index (χ1) is 23.0. The molecule has 2 aromatic carbocycles. The number of aryl methyl sites for hydroxylation is 2. The lowest BCUT2D eigenvalue weighted by molar-refractivity contribution is -0.116. The van der Waals surface area contributed by atoms with Crippen LogP contribution < -0.4 is 14.8 Å². The molecule has 2 amide bonds. The third-order valence-electron chi connectivity index (χ3n) is 7.96. The fourth-order valence-corrected chi connectivity index (χ4v) is 6.86. The number of nitrogens with one attached hydrogen (secondary N) is 2. The standard InChI is InChI=1S/C36H57N3O8S/c1-7-9-11-12-13-14-15-16-17-18-20-47-30-22-28(4)35(32(24-30)37-33(40)19-10-8-2)48(43,44)38-29-21-27(3)34(41)31(23-29)36(42)39(25-45-5)26-46-6/h21-24,38,41H,7-20,25-26H2,1-6H3,(H,37,40). The van der Waals surface area contributed by atoms with Crippen LogP contribution in [0, 0.1) is 13.8 Å². The predicted molar refractivity (Wildman–Crippen MR) is 190 cm³/mol. The molecule has 2 rings (SSSR count). The molecule has 0 aliphatic rings. The molecule has 0 heterocycles. The van der Waals surface area contributed by atoms with Crippen LogP contribution in [0.1, 0.15) is 119 Å². The molecule has 0 fully saturated rings. The van der Waals surface area contributed by atoms with E-state index in [2.05, 4.69) is 17.0 Å². The monoisotopic (exact) mass is 691 g/mol. The van der Waals surface area contributed by atoms with Crippen LogP contribution in [0.15, 0.2) is 29.2 Å². The Kier molecular flexibility index (Phi) is 18.4. The van der Waals surface area contributed by atoms with Gasteiger partial charge in [-0.3, -0.25) is 19.2 Å². The largest absolute Gasteiger partial charge is 0.507 e. The van der Waals surface area contributed by atoms with E-state index in [1.807, 2.05) is 6.92 Å². The van der Waals surface area contributed by atoms with E-state index in [1.165, 1.54) is 76.2 Å². The third-order valence-corrected chi connectivity index (χ3v) is 9.54. The van der Waals surface area contributed by atoms with Crippen LogP contribution in [-0.2, 0) is 24.3 Å². The van der Waals surface area contributed by atoms with Crippen LogP contribution in [0.25, 0.3) is 0 Å². The highest BCUT2D eigenvalue weighted by atomic mass is 32.2. The van der Waals surface area contributed by atoms with Crippen LogP contribution >= 0.6 is 0 Å². The molecule has 0 aliphatic carbocycles. The van der Waals surface area contributed by atoms with Crippen LogP contribution in [0.5, 0.6) is 11.5 Å². The Morgan fingerprint density at radius 1 is 0.792 bits per heavy atom. The summed E-state index contributed by atoms with van der Waals surface area (Å²) in [5.74, 6) is -0.726. The maximum absolute atomic E-state index is 13.9. The first kappa shape index (κ1) is 40.8. The quantitative estimate of drug-likeness (QED) is 0.0573. The van der Waals surface area contributed by atoms with Crippen molar-refractivity contribution >= 4 is 33.2 Å². The number of aromatic hydroxyl groups is 1. The van der Waals surface area contributed by atoms with Gasteiger partial charge in [0.05, 0.1) is 23.5 Å². The average Bonchev–Trinajstić information content (AvgIpc) is 3.03. The number of carbonyl (C=O) groups is 2. The number of ether oxygens (including phenoxy) is 3. The number of benzene rings is 2. The summed E-state index contributed by atoms with van der Waals surface area (Å²) in [5.41, 5.74) is 0.718. The highest BCUT2D eigenvalue weighted by Crippen LogP contribution is 2.34. The molecule has 11 nitrogen and oxygen atoms in total. The maximum atomic E-state index is 13.9. The number of anilines is 2. The molecule has 48 heavy (non-hydrogen) atoms. The number of unbranched alkanes of at least 4 members (excludes halogenated alkanes) is 10. The van der Waals surface area contributed by atoms with Crippen molar-refractivity contribution in [1.82, 2.24) is 4.90 Å². The number of nitrogens with zero attached hydrogens (tertiary/aromatic N) is 1. The van der Waals surface area contributed by atoms with E-state index >= 15 is 0 Å². The molecule has 270 valence electrons. The van der Waals surface area contributed by atoms with Crippen molar-refractivity contribution < 1.29 is 37.3 Å². The zero-order valence-electron chi connectivity index (χ0n) is 29.8. The van der Waals surface area contributed by atoms with E-state index in [-0.39, 0.29) is 58.9 Å². The van der Waals surface area contributed by atoms with Gasteiger partial charge in [-0.15, -0.1) is 0 Å². The van der Waals surface area contributed by atoms with E-state index in [0.29, 0.717) is 24.3 Å². The second-order valence-corrected chi connectivity index (χ2v) is 13.9. The second-order valence-electron chi connectivity index (χ2n) is 12.3. The molecule has 0 bridgehead atoms. The van der Waals surface area contributed by atoms with Gasteiger partial charge in [-0.25, -0.2) is 8.42 Å². The van der Waals surface area contributed by atoms with Gasteiger partial charge >= 0.3 is 0 Å². The van der Waals surface area contributed by atoms with Crippen molar-refractivity contribution in [1.29, 1.82) is 0 Å². The lowest BCUT2D eigenvalue weighted by Gasteiger charge is -2.22. The molecule has 0 aromatic heterocycles. The van der Waals surface area contributed by atoms with Crippen molar-refractivity contribution in [2.45, 2.75) is 116 Å². The summed E-state index contributed by atoms with van der Waals surface area (Å²) in [6, 6.07) is 5.89. The van der Waals surface area contributed by atoms with Crippen molar-refractivity contribution in [2.24, 2.45) is 0 Å². The summed E-state index contributed by atoms with van der Waals surface area (Å²) < 4.78 is 46.6. The number of sulfonamides is 1. The summed E-state index contributed by atoms with van der Waals surface area (Å²) in [6.45, 7) is 7.69. The summed E-state index contributed by atoms with van der Waals surface area (Å²) >= 11 is 0. The zero-order chi connectivity index (χ0) is 35.5. The van der Waals surface area contributed by atoms with Crippen molar-refractivity contribution in [3.8, 4) is 11.5 Å². The van der Waals surface area contributed by atoms with Crippen LogP contribution in [0.2, 0.25) is 0 Å². The van der Waals surface area contributed by atoms with Crippen molar-refractivity contribution in [2.75, 3.05) is 44.3 Å². The van der Waals surface area contributed by atoms with Crippen molar-refractivity contribution in [3.05, 3.63) is 41.0 Å². The highest BCUT2D eigenvalue weighted by Gasteiger charge is 2.26. The third kappa shape index (κ3) is 13.3. The SMILES string of the molecule is CCCCCCCCCCCCOc1cc(C)c(S(=O)(=O)Nc2cc(C)c(O)c(C(=O)N(COC)COC)c2)c(NC(=O)CCCC)c1. The number of carbonyl (C=O) groups excluding carboxylic acids is 2. The fourth-order valence-electron chi connectivity index (χ4n) is 5.45. The minimum absolute atomic E-state index is 0.0624. The average molecular weight is 692 g/mol. The van der Waals surface area contributed by atoms with Crippen LogP contribution in [-0.4, -0.2) is 64.5 Å². The van der Waals surface area contributed by atoms with Crippen molar-refractivity contribution in [3.63, 3.8) is 0 Å². The first-order valence-electron chi connectivity index (χ1n) is 17.2. The van der Waals surface area contributed by atoms with Gasteiger partial charge in [-0.1, -0.05) is 78.1 Å². The number of phenolic OH excluding ortho intramolecular Hbond substituents is 1. The number of hydrogen-bond donors (Lipinski definition) is 3. The number of rotatable bonds is 24. The lowest BCUT2D eigenvalue weighted by Crippen LogP contribution is -2.34. The molecule has 0 unspecified atom stereocenters. The minimum atomic E-state index is -4.29. The van der Waals surface area contributed by atoms with Gasteiger partial charge in [0.15, 0.2) is 0 Å². The molecule has 0 radical (unpaired) electrons. The highest BCUT2D eigenvalue weighted by molar-refractivity contribution is 7.93. The van der Waals surface area contributed by atoms with E-state index < -0.39 is 15.9 Å². The van der Waals surface area contributed by atoms with Gasteiger partial charge in [0.25, 0.3) is 15.9 Å². The molecule has 2 aromatic rings. The van der Waals surface area contributed by atoms with Gasteiger partial charge in [0.2, 0.25) is 5.91 Å². The molecular weight excluding hydrogens is 634 g/mol. The Morgan fingerprint density at radius 3 is 1.96 bits per heavy atom. The number of amides is 2. The molecule has 0 aliphatic heterocycles. The minimum Gasteiger partial charge on any atom is -0.507 e. The molecule has 0 atom stereocenters. The van der Waals surface area contributed by atoms with E-state index in [9.17, 15) is 23.1 Å². The Balaban J connectivity index is 2.26. The van der Waals surface area contributed by atoms with Gasteiger partial charge in [-0.05, 0) is 56.0 Å². The Morgan fingerprint density at radius 2 is 1.38 bits per heavy atom. The van der Waals surface area contributed by atoms with E-state index in [4.69, 9.17) is 14.2 Å². The van der Waals surface area contributed by atoms with E-state index in [0.717, 1.165) is 25.7 Å². The number of phenols is 1. The van der Waals surface area contributed by atoms with E-state index in [1.54, 1.807) is 26.0 Å². The predicted octanol–water partition coefficient (Wildman–Crippen LogP) is 7.89. The summed E-state index contributed by atoms with van der Waals surface area (Å²) in [4.78, 5) is 27.1. The number of hydrogen-bond acceptors (Lipinski definition) is 8. The maximum Gasteiger partial charge on any atom is 0.264 e. The molecular formula is C36H57N3O8S. The van der Waals surface area contributed by atoms with Crippen LogP contribution in [0.4, 0.5) is 11.4 Å². The molecule has 0 saturated carbocycles. The fraction of sp³-hybridized carbons (Fsp3) is 0.611. The second kappa shape index (κ2) is 21.6. The summed E-state index contributed by atoms with van der Waals surface area (Å²) in [5, 5.41) is 13.5. The topological polar surface area (TPSA) is 144 Å². The summed E-state index contributed by atoms with van der Waals surface area (Å²) in [6.07, 6.45) is 13.8. The Labute approximate surface area is 287 Å². The first-order valence-corrected chi connectivity index (χ1v) is 18.7. The molecule has 3 N–H and O–H groups in total. The van der Waals surface area contributed by atoms with Gasteiger partial charge < -0.3 is 24.6 Å². The van der Waals surface area contributed by atoms with Gasteiger partial charge in [0, 0.05) is 26.7 Å². The van der Waals surface area contributed by atoms with Gasteiger partial charge in [0.1, 0.15) is 29.9 Å². The molecule has 0 spiro atoms. The Hall–Kier alpha value is -3.35. The molecule has 12 heteroatoms. The molecule has 0 saturated heterocycles. The lowest BCUT2D eigenvalue weighted by atomic mass is 10.1.